The zero-order valence-electron chi connectivity index (χ0n) is 10.7. The van der Waals surface area contributed by atoms with Crippen molar-refractivity contribution >= 4 is 23.1 Å². The minimum atomic E-state index is 0.127. The summed E-state index contributed by atoms with van der Waals surface area (Å²) >= 11 is 4.90. The van der Waals surface area contributed by atoms with Crippen LogP contribution < -0.4 is 5.73 Å². The molecule has 0 aromatic heterocycles. The molecule has 0 aromatic carbocycles. The van der Waals surface area contributed by atoms with Crippen molar-refractivity contribution < 1.29 is 4.79 Å². The molecule has 0 spiro atoms. The number of amides is 1. The number of hydrogen-bond acceptors (Lipinski definition) is 2. The van der Waals surface area contributed by atoms with Crippen molar-refractivity contribution in [2.24, 2.45) is 23.5 Å². The lowest BCUT2D eigenvalue weighted by molar-refractivity contribution is -0.133. The number of carbonyl (C=O) groups excluding carboxylic acids is 1. The third-order valence-corrected chi connectivity index (χ3v) is 4.61. The first kappa shape index (κ1) is 12.8. The third-order valence-electron chi connectivity index (χ3n) is 4.45. The minimum Gasteiger partial charge on any atom is -0.393 e. The van der Waals surface area contributed by atoms with Crippen LogP contribution in [0.3, 0.4) is 0 Å². The average Bonchev–Trinajstić information content (AvgIpc) is 3.00. The highest BCUT2D eigenvalue weighted by molar-refractivity contribution is 7.80. The first-order chi connectivity index (χ1) is 8.02. The molecule has 2 fully saturated rings. The van der Waals surface area contributed by atoms with Gasteiger partial charge in [-0.15, -0.1) is 0 Å². The van der Waals surface area contributed by atoms with Crippen molar-refractivity contribution in [1.29, 1.82) is 0 Å². The van der Waals surface area contributed by atoms with Crippen LogP contribution >= 0.6 is 12.2 Å². The second kappa shape index (κ2) is 4.92. The molecule has 3 atom stereocenters. The van der Waals surface area contributed by atoms with Gasteiger partial charge in [-0.2, -0.15) is 0 Å². The fourth-order valence-corrected chi connectivity index (χ4v) is 3.48. The lowest BCUT2D eigenvalue weighted by Crippen LogP contribution is -2.38. The lowest BCUT2D eigenvalue weighted by Gasteiger charge is -2.25. The van der Waals surface area contributed by atoms with Crippen molar-refractivity contribution in [1.82, 2.24) is 4.90 Å². The Bertz CT molecular complexity index is 319. The number of rotatable bonds is 4. The van der Waals surface area contributed by atoms with E-state index in [0.29, 0.717) is 35.1 Å². The van der Waals surface area contributed by atoms with Crippen molar-refractivity contribution in [2.45, 2.75) is 45.1 Å². The van der Waals surface area contributed by atoms with E-state index in [4.69, 9.17) is 18.0 Å². The van der Waals surface area contributed by atoms with Crippen molar-refractivity contribution in [3.63, 3.8) is 0 Å². The number of carbonyl (C=O) groups is 1. The maximum absolute atomic E-state index is 12.3. The summed E-state index contributed by atoms with van der Waals surface area (Å²) in [4.78, 5) is 14.7. The zero-order chi connectivity index (χ0) is 12.6. The van der Waals surface area contributed by atoms with E-state index in [1.54, 1.807) is 0 Å². The molecule has 2 saturated carbocycles. The molecular weight excluding hydrogens is 232 g/mol. The van der Waals surface area contributed by atoms with Gasteiger partial charge in [-0.05, 0) is 31.6 Å². The molecule has 2 N–H and O–H groups in total. The van der Waals surface area contributed by atoms with E-state index in [2.05, 4.69) is 0 Å². The van der Waals surface area contributed by atoms with Gasteiger partial charge in [-0.25, -0.2) is 0 Å². The largest absolute Gasteiger partial charge is 0.393 e. The van der Waals surface area contributed by atoms with E-state index in [9.17, 15) is 4.79 Å². The average molecular weight is 254 g/mol. The molecule has 96 valence electrons. The van der Waals surface area contributed by atoms with Gasteiger partial charge in [0.25, 0.3) is 0 Å². The molecule has 17 heavy (non-hydrogen) atoms. The molecule has 0 aliphatic heterocycles. The number of nitrogens with zero attached hydrogens (tertiary/aromatic N) is 1. The van der Waals surface area contributed by atoms with Gasteiger partial charge >= 0.3 is 0 Å². The normalized spacial score (nSPS) is 32.5. The summed E-state index contributed by atoms with van der Waals surface area (Å²) in [5, 5.41) is 0. The summed E-state index contributed by atoms with van der Waals surface area (Å²) in [6, 6.07) is 0.127. The zero-order valence-corrected chi connectivity index (χ0v) is 11.5. The molecular formula is C13H22N2OS. The summed E-state index contributed by atoms with van der Waals surface area (Å²) in [5.41, 5.74) is 5.53. The van der Waals surface area contributed by atoms with E-state index in [1.165, 1.54) is 25.7 Å². The molecule has 4 heteroatoms. The summed E-state index contributed by atoms with van der Waals surface area (Å²) < 4.78 is 0. The second-order valence-corrected chi connectivity index (χ2v) is 6.13. The predicted molar refractivity (Wildman–Crippen MR) is 72.6 cm³/mol. The minimum absolute atomic E-state index is 0.127. The van der Waals surface area contributed by atoms with Crippen LogP contribution in [0.1, 0.15) is 39.0 Å². The molecule has 2 aliphatic rings. The summed E-state index contributed by atoms with van der Waals surface area (Å²) in [5.74, 6) is 1.97. The van der Waals surface area contributed by atoms with Crippen LogP contribution in [-0.2, 0) is 4.79 Å². The van der Waals surface area contributed by atoms with Gasteiger partial charge < -0.3 is 10.6 Å². The van der Waals surface area contributed by atoms with Crippen LogP contribution in [-0.4, -0.2) is 28.9 Å². The van der Waals surface area contributed by atoms with Crippen LogP contribution in [0.15, 0.2) is 0 Å². The predicted octanol–water partition coefficient (Wildman–Crippen LogP) is 1.95. The fraction of sp³-hybridized carbons (Fsp3) is 0.846. The Kier molecular flexibility index (Phi) is 3.71. The van der Waals surface area contributed by atoms with Crippen LogP contribution in [0.2, 0.25) is 0 Å². The van der Waals surface area contributed by atoms with Crippen LogP contribution in [0, 0.1) is 17.8 Å². The van der Waals surface area contributed by atoms with E-state index < -0.39 is 0 Å². The summed E-state index contributed by atoms with van der Waals surface area (Å²) in [7, 11) is 1.88. The highest BCUT2D eigenvalue weighted by atomic mass is 32.1. The molecule has 3 unspecified atom stereocenters. The Morgan fingerprint density at radius 2 is 1.94 bits per heavy atom. The standard InChI is InChI=1S/C13H22N2OS/c1-8(7-11(14)17)15(2)13(16)12-9-5-3-4-6-10(9)12/h8-10,12H,3-7H2,1-2H3,(H2,14,17). The van der Waals surface area contributed by atoms with Crippen LogP contribution in [0.5, 0.6) is 0 Å². The summed E-state index contributed by atoms with van der Waals surface area (Å²) in [6.45, 7) is 2.02. The number of hydrogen-bond donors (Lipinski definition) is 1. The molecule has 2 rings (SSSR count). The molecule has 3 nitrogen and oxygen atoms in total. The first-order valence-electron chi connectivity index (χ1n) is 6.57. The van der Waals surface area contributed by atoms with Gasteiger partial charge in [-0.1, -0.05) is 25.1 Å². The second-order valence-electron chi connectivity index (χ2n) is 5.61. The SMILES string of the molecule is CC(CC(N)=S)N(C)C(=O)C1C2CCCCC21. The van der Waals surface area contributed by atoms with Crippen LogP contribution in [0.25, 0.3) is 0 Å². The Balaban J connectivity index is 1.89. The Labute approximate surface area is 109 Å². The molecule has 0 aromatic rings. The van der Waals surface area contributed by atoms with Gasteiger partial charge in [0.15, 0.2) is 0 Å². The summed E-state index contributed by atoms with van der Waals surface area (Å²) in [6.07, 6.45) is 5.73. The lowest BCUT2D eigenvalue weighted by atomic mass is 10.0. The van der Waals surface area contributed by atoms with E-state index in [-0.39, 0.29) is 6.04 Å². The molecule has 0 radical (unpaired) electrons. The molecule has 1 amide bonds. The maximum Gasteiger partial charge on any atom is 0.226 e. The fourth-order valence-electron chi connectivity index (χ4n) is 3.24. The third kappa shape index (κ3) is 2.62. The van der Waals surface area contributed by atoms with E-state index in [1.807, 2.05) is 18.9 Å². The van der Waals surface area contributed by atoms with Crippen LogP contribution in [0.4, 0.5) is 0 Å². The van der Waals surface area contributed by atoms with Crippen molar-refractivity contribution in [2.75, 3.05) is 7.05 Å². The Morgan fingerprint density at radius 1 is 1.41 bits per heavy atom. The topological polar surface area (TPSA) is 46.3 Å². The highest BCUT2D eigenvalue weighted by Gasteiger charge is 2.55. The highest BCUT2D eigenvalue weighted by Crippen LogP contribution is 2.56. The van der Waals surface area contributed by atoms with E-state index >= 15 is 0 Å². The Morgan fingerprint density at radius 3 is 2.41 bits per heavy atom. The molecule has 0 bridgehead atoms. The molecule has 0 saturated heterocycles. The molecule has 0 heterocycles. The number of fused-ring (bicyclic) bond motifs is 1. The number of nitrogens with two attached hydrogens (primary N) is 1. The maximum atomic E-state index is 12.3. The molecule has 2 aliphatic carbocycles. The van der Waals surface area contributed by atoms with Gasteiger partial charge in [-0.3, -0.25) is 4.79 Å². The van der Waals surface area contributed by atoms with Gasteiger partial charge in [0.05, 0.1) is 4.99 Å². The van der Waals surface area contributed by atoms with Crippen molar-refractivity contribution in [3.8, 4) is 0 Å². The first-order valence-corrected chi connectivity index (χ1v) is 6.98. The quantitative estimate of drug-likeness (QED) is 0.780. The van der Waals surface area contributed by atoms with Gasteiger partial charge in [0.2, 0.25) is 5.91 Å². The van der Waals surface area contributed by atoms with Gasteiger partial charge in [0, 0.05) is 25.4 Å². The number of thiocarbonyl (C=S) groups is 1. The monoisotopic (exact) mass is 254 g/mol. The van der Waals surface area contributed by atoms with Gasteiger partial charge in [0.1, 0.15) is 0 Å². The Hall–Kier alpha value is -0.640. The van der Waals surface area contributed by atoms with Crippen molar-refractivity contribution in [3.05, 3.63) is 0 Å². The smallest absolute Gasteiger partial charge is 0.226 e. The van der Waals surface area contributed by atoms with E-state index in [0.717, 1.165) is 0 Å².